The van der Waals surface area contributed by atoms with Crippen LogP contribution >= 0.6 is 11.8 Å². The molecule has 20 heavy (non-hydrogen) atoms. The molecule has 2 rings (SSSR count). The molecule has 0 aliphatic rings. The number of terminal acetylenes is 1. The second-order valence-electron chi connectivity index (χ2n) is 4.38. The first-order valence-corrected chi connectivity index (χ1v) is 7.22. The summed E-state index contributed by atoms with van der Waals surface area (Å²) in [5, 5.41) is 2.84. The smallest absolute Gasteiger partial charge is 0.234 e. The largest absolute Gasteiger partial charge is 0.325 e. The van der Waals surface area contributed by atoms with Crippen molar-refractivity contribution in [3.05, 3.63) is 59.7 Å². The Morgan fingerprint density at radius 1 is 1.25 bits per heavy atom. The minimum atomic E-state index is -0.0373. The van der Waals surface area contributed by atoms with Gasteiger partial charge in [0.05, 0.1) is 5.75 Å². The van der Waals surface area contributed by atoms with Gasteiger partial charge in [-0.05, 0) is 37.3 Å². The topological polar surface area (TPSA) is 29.1 Å². The first-order valence-electron chi connectivity index (χ1n) is 6.23. The van der Waals surface area contributed by atoms with Gasteiger partial charge in [0.2, 0.25) is 5.91 Å². The molecule has 0 aliphatic heterocycles. The Hall–Kier alpha value is -2.18. The third kappa shape index (κ3) is 4.18. The van der Waals surface area contributed by atoms with Gasteiger partial charge in [0.15, 0.2) is 0 Å². The van der Waals surface area contributed by atoms with Crippen LogP contribution in [0.1, 0.15) is 11.1 Å². The van der Waals surface area contributed by atoms with Gasteiger partial charge in [-0.2, -0.15) is 0 Å². The second-order valence-corrected chi connectivity index (χ2v) is 5.42. The Morgan fingerprint density at radius 3 is 2.70 bits per heavy atom. The molecule has 0 heterocycles. The summed E-state index contributed by atoms with van der Waals surface area (Å²) in [4.78, 5) is 13.0. The highest BCUT2D eigenvalue weighted by atomic mass is 32.2. The number of hydrogen-bond donors (Lipinski definition) is 1. The molecule has 0 atom stereocenters. The van der Waals surface area contributed by atoms with Gasteiger partial charge < -0.3 is 5.32 Å². The van der Waals surface area contributed by atoms with E-state index in [1.807, 2.05) is 49.4 Å². The molecule has 1 amide bonds. The number of rotatable bonds is 4. The molecule has 0 saturated heterocycles. The van der Waals surface area contributed by atoms with Crippen molar-refractivity contribution in [2.24, 2.45) is 0 Å². The average Bonchev–Trinajstić information content (AvgIpc) is 2.47. The van der Waals surface area contributed by atoms with Gasteiger partial charge in [0.1, 0.15) is 0 Å². The van der Waals surface area contributed by atoms with Crippen molar-refractivity contribution in [1.29, 1.82) is 0 Å². The number of thioether (sulfide) groups is 1. The van der Waals surface area contributed by atoms with Crippen LogP contribution in [0.5, 0.6) is 0 Å². The first kappa shape index (κ1) is 14.2. The fourth-order valence-electron chi connectivity index (χ4n) is 1.67. The molecule has 0 spiro atoms. The van der Waals surface area contributed by atoms with Crippen molar-refractivity contribution in [3.63, 3.8) is 0 Å². The number of amides is 1. The lowest BCUT2D eigenvalue weighted by Crippen LogP contribution is -2.13. The number of benzene rings is 2. The van der Waals surface area contributed by atoms with E-state index in [0.717, 1.165) is 16.1 Å². The van der Waals surface area contributed by atoms with Crippen molar-refractivity contribution in [3.8, 4) is 12.3 Å². The molecular formula is C17H15NOS. The van der Waals surface area contributed by atoms with Crippen LogP contribution in [0.25, 0.3) is 0 Å². The Kier molecular flexibility index (Phi) is 4.86. The van der Waals surface area contributed by atoms with Crippen LogP contribution in [0, 0.1) is 19.3 Å². The second kappa shape index (κ2) is 6.83. The zero-order valence-electron chi connectivity index (χ0n) is 11.2. The minimum Gasteiger partial charge on any atom is -0.325 e. The zero-order valence-corrected chi connectivity index (χ0v) is 12.0. The highest BCUT2D eigenvalue weighted by molar-refractivity contribution is 8.00. The average molecular weight is 281 g/mol. The Balaban J connectivity index is 1.89. The van der Waals surface area contributed by atoms with Crippen LogP contribution in [-0.2, 0) is 4.79 Å². The molecule has 0 unspecified atom stereocenters. The molecule has 3 heteroatoms. The van der Waals surface area contributed by atoms with Crippen molar-refractivity contribution in [1.82, 2.24) is 0 Å². The summed E-state index contributed by atoms with van der Waals surface area (Å²) in [6.45, 7) is 2.04. The van der Waals surface area contributed by atoms with Crippen molar-refractivity contribution < 1.29 is 4.79 Å². The van der Waals surface area contributed by atoms with E-state index < -0.39 is 0 Å². The Labute approximate surface area is 123 Å². The van der Waals surface area contributed by atoms with E-state index in [2.05, 4.69) is 11.2 Å². The molecular weight excluding hydrogens is 266 g/mol. The van der Waals surface area contributed by atoms with E-state index in [-0.39, 0.29) is 5.91 Å². The lowest BCUT2D eigenvalue weighted by atomic mass is 10.2. The monoisotopic (exact) mass is 281 g/mol. The molecule has 0 aromatic heterocycles. The minimum absolute atomic E-state index is 0.0373. The number of nitrogens with one attached hydrogen (secondary N) is 1. The molecule has 2 aromatic rings. The van der Waals surface area contributed by atoms with Crippen molar-refractivity contribution in [2.45, 2.75) is 11.8 Å². The SMILES string of the molecule is C#Cc1cccc(NC(=O)CSc2ccc(C)cc2)c1. The summed E-state index contributed by atoms with van der Waals surface area (Å²) < 4.78 is 0. The van der Waals surface area contributed by atoms with E-state index >= 15 is 0 Å². The number of carbonyl (C=O) groups excluding carboxylic acids is 1. The Bertz CT molecular complexity index is 641. The molecule has 0 bridgehead atoms. The van der Waals surface area contributed by atoms with Crippen LogP contribution in [-0.4, -0.2) is 11.7 Å². The maximum Gasteiger partial charge on any atom is 0.234 e. The van der Waals surface area contributed by atoms with Crippen LogP contribution in [0.15, 0.2) is 53.4 Å². The van der Waals surface area contributed by atoms with Gasteiger partial charge >= 0.3 is 0 Å². The molecule has 2 aromatic carbocycles. The van der Waals surface area contributed by atoms with E-state index in [1.165, 1.54) is 17.3 Å². The zero-order chi connectivity index (χ0) is 14.4. The predicted molar refractivity (Wildman–Crippen MR) is 84.9 cm³/mol. The number of anilines is 1. The summed E-state index contributed by atoms with van der Waals surface area (Å²) in [5.74, 6) is 2.89. The highest BCUT2D eigenvalue weighted by Gasteiger charge is 2.04. The van der Waals surface area contributed by atoms with E-state index in [1.54, 1.807) is 6.07 Å². The van der Waals surface area contributed by atoms with Gasteiger partial charge in [-0.1, -0.05) is 29.7 Å². The number of aryl methyl sites for hydroxylation is 1. The van der Waals surface area contributed by atoms with E-state index in [4.69, 9.17) is 6.42 Å². The van der Waals surface area contributed by atoms with Crippen LogP contribution in [0.2, 0.25) is 0 Å². The quantitative estimate of drug-likeness (QED) is 0.684. The standard InChI is InChI=1S/C17H15NOS/c1-3-14-5-4-6-15(11-14)18-17(19)12-20-16-9-7-13(2)8-10-16/h1,4-11H,12H2,2H3,(H,18,19). The van der Waals surface area contributed by atoms with Gasteiger partial charge in [-0.3, -0.25) is 4.79 Å². The summed E-state index contributed by atoms with van der Waals surface area (Å²) >= 11 is 1.51. The highest BCUT2D eigenvalue weighted by Crippen LogP contribution is 2.18. The molecule has 100 valence electrons. The maximum atomic E-state index is 11.9. The third-order valence-corrected chi connectivity index (χ3v) is 3.72. The van der Waals surface area contributed by atoms with Crippen molar-refractivity contribution >= 4 is 23.4 Å². The van der Waals surface area contributed by atoms with Gasteiger partial charge in [-0.25, -0.2) is 0 Å². The lowest BCUT2D eigenvalue weighted by Gasteiger charge is -2.06. The third-order valence-electron chi connectivity index (χ3n) is 2.70. The lowest BCUT2D eigenvalue weighted by molar-refractivity contribution is -0.113. The maximum absolute atomic E-state index is 11.9. The molecule has 1 N–H and O–H groups in total. The summed E-state index contributed by atoms with van der Waals surface area (Å²) in [5.41, 5.74) is 2.70. The predicted octanol–water partition coefficient (Wildman–Crippen LogP) is 3.71. The Morgan fingerprint density at radius 2 is 2.00 bits per heavy atom. The van der Waals surface area contributed by atoms with Crippen LogP contribution < -0.4 is 5.32 Å². The number of hydrogen-bond acceptors (Lipinski definition) is 2. The van der Waals surface area contributed by atoms with Crippen LogP contribution in [0.4, 0.5) is 5.69 Å². The first-order chi connectivity index (χ1) is 9.67. The number of carbonyl (C=O) groups is 1. The van der Waals surface area contributed by atoms with E-state index in [9.17, 15) is 4.79 Å². The van der Waals surface area contributed by atoms with Gasteiger partial charge in [-0.15, -0.1) is 18.2 Å². The van der Waals surface area contributed by atoms with Gasteiger partial charge in [0, 0.05) is 16.1 Å². The fraction of sp³-hybridized carbons (Fsp3) is 0.118. The normalized spacial score (nSPS) is 9.80. The molecule has 0 saturated carbocycles. The molecule has 2 nitrogen and oxygen atoms in total. The molecule has 0 fully saturated rings. The summed E-state index contributed by atoms with van der Waals surface area (Å²) in [6, 6.07) is 15.4. The van der Waals surface area contributed by atoms with Crippen molar-refractivity contribution in [2.75, 3.05) is 11.1 Å². The summed E-state index contributed by atoms with van der Waals surface area (Å²) in [7, 11) is 0. The fourth-order valence-corrected chi connectivity index (χ4v) is 2.37. The van der Waals surface area contributed by atoms with E-state index in [0.29, 0.717) is 5.75 Å². The van der Waals surface area contributed by atoms with Crippen LogP contribution in [0.3, 0.4) is 0 Å². The summed E-state index contributed by atoms with van der Waals surface area (Å²) in [6.07, 6.45) is 5.33. The molecule has 0 aliphatic carbocycles. The molecule has 0 radical (unpaired) electrons. The van der Waals surface area contributed by atoms with Gasteiger partial charge in [0.25, 0.3) is 0 Å².